The molecule has 0 bridgehead atoms. The molecular formula is C53H74BrN12O4PS3. The number of anilines is 8. The van der Waals surface area contributed by atoms with Gasteiger partial charge >= 0.3 is 0 Å². The molecule has 1 aromatic heterocycles. The van der Waals surface area contributed by atoms with Gasteiger partial charge in [0, 0.05) is 124 Å². The van der Waals surface area contributed by atoms with E-state index in [2.05, 4.69) is 119 Å². The van der Waals surface area contributed by atoms with E-state index in [1.165, 1.54) is 48.3 Å². The molecule has 0 radical (unpaired) electrons. The number of hydrogen-bond acceptors (Lipinski definition) is 14. The Hall–Kier alpha value is -5.47. The van der Waals surface area contributed by atoms with Crippen molar-refractivity contribution in [2.45, 2.75) is 68.0 Å². The van der Waals surface area contributed by atoms with Crippen LogP contribution in [0.2, 0.25) is 0 Å². The van der Waals surface area contributed by atoms with Crippen molar-refractivity contribution in [1.82, 2.24) is 14.8 Å². The quantitative estimate of drug-likeness (QED) is 0.0153. The predicted octanol–water partition coefficient (Wildman–Crippen LogP) is 10.1. The number of alkyl halides is 1. The van der Waals surface area contributed by atoms with Crippen LogP contribution in [0.4, 0.5) is 45.1 Å². The van der Waals surface area contributed by atoms with Gasteiger partial charge in [-0.3, -0.25) is 29.0 Å². The summed E-state index contributed by atoms with van der Waals surface area (Å²) in [5, 5.41) is 13.4. The first-order valence-electron chi connectivity index (χ1n) is 23.8. The smallest absolute Gasteiger partial charge is 0.221 e. The first kappa shape index (κ1) is 62.8. The Morgan fingerprint density at radius 1 is 0.689 bits per heavy atom. The van der Waals surface area contributed by atoms with Crippen LogP contribution in [-0.2, 0) is 9.59 Å². The Morgan fingerprint density at radius 2 is 1.09 bits per heavy atom. The number of aromatic nitrogens is 1. The number of carbonyl (C=O) groups excluding carboxylic acids is 4. The number of nitrogen functional groups attached to an aromatic ring is 1. The fraction of sp³-hybridized carbons (Fsp3) is 0.377. The number of rotatable bonds is 14. The molecule has 0 saturated carbocycles. The Bertz CT molecular complexity index is 2600. The number of thiazole rings is 1. The van der Waals surface area contributed by atoms with E-state index in [0.29, 0.717) is 60.2 Å². The van der Waals surface area contributed by atoms with Gasteiger partial charge in [-0.05, 0) is 143 Å². The van der Waals surface area contributed by atoms with Gasteiger partial charge in [0.25, 0.3) is 0 Å². The van der Waals surface area contributed by atoms with Crippen LogP contribution in [0.5, 0.6) is 0 Å². The lowest BCUT2D eigenvalue weighted by molar-refractivity contribution is -0.115. The number of piperazine rings is 2. The van der Waals surface area contributed by atoms with Crippen molar-refractivity contribution in [3.8, 4) is 0 Å². The summed E-state index contributed by atoms with van der Waals surface area (Å²) in [5.41, 5.74) is 18.5. The number of carbonyl (C=O) groups is 4. The minimum absolute atomic E-state index is 0. The molecule has 2 aliphatic rings. The van der Waals surface area contributed by atoms with Gasteiger partial charge in [-0.2, -0.15) is 14.9 Å². The summed E-state index contributed by atoms with van der Waals surface area (Å²) < 4.78 is 0. The minimum Gasteiger partial charge on any atom is -0.382 e. The van der Waals surface area contributed by atoms with E-state index >= 15 is 0 Å². The van der Waals surface area contributed by atoms with Gasteiger partial charge in [-0.15, -0.1) is 0 Å². The van der Waals surface area contributed by atoms with Crippen molar-refractivity contribution < 1.29 is 19.2 Å². The van der Waals surface area contributed by atoms with Crippen LogP contribution in [0.1, 0.15) is 81.5 Å². The molecule has 74 heavy (non-hydrogen) atoms. The third-order valence-corrected chi connectivity index (χ3v) is 13.9. The number of benzene rings is 4. The molecular weight excluding hydrogens is 1080 g/mol. The molecule has 1 atom stereocenters. The summed E-state index contributed by atoms with van der Waals surface area (Å²) in [6.45, 7) is 22.5. The Morgan fingerprint density at radius 3 is 1.50 bits per heavy atom. The summed E-state index contributed by atoms with van der Waals surface area (Å²) in [4.78, 5) is 64.7. The number of amides is 2. The zero-order chi connectivity index (χ0) is 52.3. The van der Waals surface area contributed by atoms with Crippen LogP contribution in [-0.4, -0.2) is 124 Å². The number of halogens is 1. The van der Waals surface area contributed by atoms with Gasteiger partial charge in [0.1, 0.15) is 10.7 Å². The van der Waals surface area contributed by atoms with Crippen LogP contribution >= 0.6 is 61.1 Å². The van der Waals surface area contributed by atoms with Crippen molar-refractivity contribution in [3.05, 3.63) is 113 Å². The monoisotopic (exact) mass is 1150 g/mol. The summed E-state index contributed by atoms with van der Waals surface area (Å²) in [5.74, 6) is 0.625. The minimum atomic E-state index is -0.201. The van der Waals surface area contributed by atoms with Crippen LogP contribution in [0, 0.1) is 0 Å². The third kappa shape index (κ3) is 20.0. The second-order valence-corrected chi connectivity index (χ2v) is 20.6. The maximum atomic E-state index is 12.9. The molecule has 7 rings (SSSR count). The van der Waals surface area contributed by atoms with Gasteiger partial charge in [0.05, 0.1) is 5.33 Å². The van der Waals surface area contributed by atoms with E-state index in [9.17, 15) is 19.2 Å². The Balaban J connectivity index is 0.000000315. The zero-order valence-corrected chi connectivity index (χ0v) is 48.2. The number of ketones is 2. The normalized spacial score (nSPS) is 13.7. The van der Waals surface area contributed by atoms with Crippen molar-refractivity contribution >= 4 is 140 Å². The van der Waals surface area contributed by atoms with Gasteiger partial charge in [0.2, 0.25) is 17.6 Å². The molecule has 3 heterocycles. The average molecular weight is 1150 g/mol. The van der Waals surface area contributed by atoms with Crippen LogP contribution in [0.15, 0.2) is 102 Å². The summed E-state index contributed by atoms with van der Waals surface area (Å²) in [6, 6.07) is 31.3. The number of nitrogens with two attached hydrogens (primary N) is 2. The molecule has 2 aliphatic heterocycles. The molecule has 2 amide bonds. The summed E-state index contributed by atoms with van der Waals surface area (Å²) in [7, 11) is 0. The maximum absolute atomic E-state index is 12.9. The lowest BCUT2D eigenvalue weighted by Crippen LogP contribution is -2.48. The number of Topliss-reactive ketones (excluding diaryl/α,β-unsaturated/α-hetero) is 1. The number of nitrogens with one attached hydrogen (secondary N) is 4. The zero-order valence-electron chi connectivity index (χ0n) is 42.7. The van der Waals surface area contributed by atoms with Gasteiger partial charge < -0.3 is 42.5 Å². The van der Waals surface area contributed by atoms with Crippen molar-refractivity contribution in [3.63, 3.8) is 0 Å². The molecule has 400 valence electrons. The SMILES string of the molecule is C.CC(=O)Nc1ccc(C(=O)CBr)cc1.CC(=O)Nc1ccc(C(=O)c2sc(Nc3ccc(N4CCN(C(C)C)CC4)cc3)nc2N)cc1.CCSC(N)=NC(=S)Nc1ccc(N2CCN(C(C)C)CC2)cc1.P. The molecule has 2 fully saturated rings. The van der Waals surface area contributed by atoms with Gasteiger partial charge in [-0.25, -0.2) is 4.98 Å². The molecule has 0 spiro atoms. The summed E-state index contributed by atoms with van der Waals surface area (Å²) in [6.07, 6.45) is 0. The summed E-state index contributed by atoms with van der Waals surface area (Å²) >= 11 is 11.0. The first-order chi connectivity index (χ1) is 34.4. The molecule has 1 unspecified atom stereocenters. The molecule has 2 saturated heterocycles. The van der Waals surface area contributed by atoms with Crippen molar-refractivity contribution in [2.24, 2.45) is 10.7 Å². The highest BCUT2D eigenvalue weighted by Gasteiger charge is 2.22. The van der Waals surface area contributed by atoms with Crippen molar-refractivity contribution in [2.75, 3.05) is 100 Å². The van der Waals surface area contributed by atoms with Crippen LogP contribution in [0.3, 0.4) is 0 Å². The van der Waals surface area contributed by atoms with E-state index in [-0.39, 0.29) is 46.5 Å². The lowest BCUT2D eigenvalue weighted by atomic mass is 10.1. The van der Waals surface area contributed by atoms with E-state index in [1.807, 2.05) is 31.2 Å². The van der Waals surface area contributed by atoms with Crippen LogP contribution in [0.25, 0.3) is 0 Å². The van der Waals surface area contributed by atoms with Gasteiger partial charge in [0.15, 0.2) is 21.2 Å². The molecule has 8 N–H and O–H groups in total. The third-order valence-electron chi connectivity index (χ3n) is 11.5. The second-order valence-electron chi connectivity index (χ2n) is 17.4. The molecule has 21 heteroatoms. The number of hydrogen-bond donors (Lipinski definition) is 6. The van der Waals surface area contributed by atoms with Crippen molar-refractivity contribution in [1.29, 1.82) is 0 Å². The van der Waals surface area contributed by atoms with Gasteiger partial charge in [-0.1, -0.05) is 53.4 Å². The maximum Gasteiger partial charge on any atom is 0.221 e. The number of thiocarbonyl (C=S) groups is 1. The highest BCUT2D eigenvalue weighted by molar-refractivity contribution is 9.09. The molecule has 5 aromatic rings. The number of amidine groups is 1. The standard InChI is InChI=1S/C25H30N6O2S.C17H27N5S2.C10H10BrNO2.CH4.H3P/c1-16(2)30-12-14-31(15-13-30)21-10-8-20(9-11-21)28-25-29-24(26)23(34-25)22(33)18-4-6-19(7-5-18)27-17(3)32;1-4-24-16(18)20-17(23)19-14-5-7-15(8-6-14)22-11-9-21(10-12-22)13(2)3;1-7(13)12-9-4-2-8(3-5-9)10(14)6-11;;/h4-11,16H,12-15,26H2,1-3H3,(H,27,32)(H,28,29);5-8,13H,4,9-12H2,1-3H3,(H3,18,19,20,23);2-5H,6H2,1H3,(H,12,13);1H4;1H3. The number of thioether (sulfide) groups is 1. The Labute approximate surface area is 463 Å². The van der Waals surface area contributed by atoms with E-state index < -0.39 is 0 Å². The fourth-order valence-electron chi connectivity index (χ4n) is 7.67. The highest BCUT2D eigenvalue weighted by atomic mass is 79.9. The largest absolute Gasteiger partial charge is 0.382 e. The predicted molar refractivity (Wildman–Crippen MR) is 327 cm³/mol. The van der Waals surface area contributed by atoms with E-state index in [4.69, 9.17) is 23.7 Å². The number of nitrogens with zero attached hydrogens (tertiary/aromatic N) is 6. The first-order valence-corrected chi connectivity index (χ1v) is 27.1. The number of aliphatic imine (C=N–C) groups is 1. The topological polar surface area (TPSA) is 207 Å². The molecule has 16 nitrogen and oxygen atoms in total. The molecule has 0 aliphatic carbocycles. The fourth-order valence-corrected chi connectivity index (χ4v) is 9.58. The Kier molecular flexibility index (Phi) is 26.7. The second kappa shape index (κ2) is 31.4. The van der Waals surface area contributed by atoms with E-state index in [0.717, 1.165) is 69.5 Å². The highest BCUT2D eigenvalue weighted by Crippen LogP contribution is 2.31. The lowest BCUT2D eigenvalue weighted by Gasteiger charge is -2.38. The van der Waals surface area contributed by atoms with E-state index in [1.54, 1.807) is 48.5 Å². The molecule has 4 aromatic carbocycles. The average Bonchev–Trinajstić information content (AvgIpc) is 3.73. The van der Waals surface area contributed by atoms with Crippen LogP contribution < -0.4 is 42.5 Å².